The first kappa shape index (κ1) is 30.5. The number of hydrogen-bond acceptors (Lipinski definition) is 2. The molecule has 4 saturated carbocycles. The standard InChI is InChI=1S/C29H47N2P2.C5H5.Fe/c1-27(2,3)33-26(28-14-19-11-20(15-28)13-21(12-19)16-28)24-5-4-6-25(24)29(32,22-7-9-30-17-22)23-8-10-31-18-23;1-2-4-5-3-1;/h4-6,19-23,26,30-31,33H,7-18,32H2,1-3H3;1-5H;/q-1;-5;. The average Bonchev–Trinajstić information content (AvgIpc) is 3.70. The van der Waals surface area contributed by atoms with E-state index in [2.05, 4.69) is 58.8 Å². The third kappa shape index (κ3) is 6.22. The van der Waals surface area contributed by atoms with Gasteiger partial charge in [-0.25, -0.2) is 12.1 Å². The molecule has 6 aliphatic rings. The zero-order valence-electron chi connectivity index (χ0n) is 24.5. The van der Waals surface area contributed by atoms with Crippen LogP contribution in [0.2, 0.25) is 0 Å². The predicted molar refractivity (Wildman–Crippen MR) is 169 cm³/mol. The molecule has 222 valence electrons. The third-order valence-corrected chi connectivity index (χ3v) is 14.3. The van der Waals surface area contributed by atoms with Crippen molar-refractivity contribution < 1.29 is 17.1 Å². The molecular formula is C34H52FeN2P2-6. The van der Waals surface area contributed by atoms with E-state index >= 15 is 0 Å². The van der Waals surface area contributed by atoms with Crippen LogP contribution in [0.25, 0.3) is 0 Å². The second kappa shape index (κ2) is 12.3. The van der Waals surface area contributed by atoms with Crippen LogP contribution in [0, 0.1) is 35.0 Å². The molecule has 39 heavy (non-hydrogen) atoms. The Labute approximate surface area is 253 Å². The molecule has 0 spiro atoms. The summed E-state index contributed by atoms with van der Waals surface area (Å²) in [6, 6.07) is 17.6. The van der Waals surface area contributed by atoms with Gasteiger partial charge in [0.05, 0.1) is 0 Å². The summed E-state index contributed by atoms with van der Waals surface area (Å²) >= 11 is 0. The minimum atomic E-state index is 0. The Morgan fingerprint density at radius 3 is 1.79 bits per heavy atom. The minimum Gasteiger partial charge on any atom is -0.748 e. The normalized spacial score (nSPS) is 35.9. The van der Waals surface area contributed by atoms with Crippen molar-refractivity contribution in [2.45, 2.75) is 88.1 Å². The fraction of sp³-hybridized carbons (Fsp3) is 0.706. The zero-order valence-corrected chi connectivity index (χ0v) is 27.8. The molecule has 8 rings (SSSR count). The van der Waals surface area contributed by atoms with Crippen molar-refractivity contribution in [1.29, 1.82) is 0 Å². The fourth-order valence-electron chi connectivity index (χ4n) is 9.82. The van der Waals surface area contributed by atoms with Crippen LogP contribution in [-0.2, 0) is 22.2 Å². The molecule has 2 aliphatic heterocycles. The average molecular weight is 607 g/mol. The van der Waals surface area contributed by atoms with Gasteiger partial charge in [-0.3, -0.25) is 0 Å². The first-order valence-corrected chi connectivity index (χ1v) is 17.3. The van der Waals surface area contributed by atoms with E-state index in [-0.39, 0.29) is 22.2 Å². The van der Waals surface area contributed by atoms with Crippen molar-refractivity contribution in [3.05, 3.63) is 59.7 Å². The molecule has 0 amide bonds. The van der Waals surface area contributed by atoms with Gasteiger partial charge in [0.1, 0.15) is 0 Å². The Kier molecular flexibility index (Phi) is 9.62. The van der Waals surface area contributed by atoms with E-state index < -0.39 is 0 Å². The molecule has 2 saturated heterocycles. The fourth-order valence-corrected chi connectivity index (χ4v) is 12.6. The second-order valence-corrected chi connectivity index (χ2v) is 18.1. The van der Waals surface area contributed by atoms with Gasteiger partial charge < -0.3 is 41.0 Å². The molecular weight excluding hydrogens is 554 g/mol. The van der Waals surface area contributed by atoms with E-state index in [0.29, 0.717) is 10.6 Å². The molecule has 4 bridgehead atoms. The molecule has 4 aliphatic carbocycles. The van der Waals surface area contributed by atoms with Crippen LogP contribution in [0.15, 0.2) is 48.5 Å². The number of hydrogen-bond donors (Lipinski definition) is 2. The van der Waals surface area contributed by atoms with Crippen molar-refractivity contribution >= 4 is 17.8 Å². The van der Waals surface area contributed by atoms with Gasteiger partial charge in [-0.15, -0.1) is 23.4 Å². The first-order valence-electron chi connectivity index (χ1n) is 15.7. The van der Waals surface area contributed by atoms with E-state index in [1.54, 1.807) is 30.4 Å². The van der Waals surface area contributed by atoms with Crippen LogP contribution in [0.4, 0.5) is 0 Å². The largest absolute Gasteiger partial charge is 0.748 e. The summed E-state index contributed by atoms with van der Waals surface area (Å²) in [6.07, 6.45) is 11.9. The monoisotopic (exact) mass is 606 g/mol. The van der Waals surface area contributed by atoms with E-state index in [1.165, 1.54) is 58.3 Å². The third-order valence-electron chi connectivity index (χ3n) is 10.9. The van der Waals surface area contributed by atoms with Gasteiger partial charge in [-0.1, -0.05) is 20.8 Å². The molecule has 5 atom stereocenters. The smallest absolute Gasteiger partial charge is 0 e. The second-order valence-electron chi connectivity index (χ2n) is 14.8. The van der Waals surface area contributed by atoms with Gasteiger partial charge in [-0.2, -0.15) is 11.6 Å². The van der Waals surface area contributed by atoms with E-state index in [0.717, 1.165) is 43.8 Å². The Bertz CT molecular complexity index is 958. The molecule has 2 aromatic rings. The predicted octanol–water partition coefficient (Wildman–Crippen LogP) is 7.83. The van der Waals surface area contributed by atoms with Crippen molar-refractivity contribution in [2.24, 2.45) is 35.0 Å². The van der Waals surface area contributed by atoms with Crippen molar-refractivity contribution in [3.8, 4) is 0 Å². The van der Waals surface area contributed by atoms with Crippen LogP contribution in [0.1, 0.15) is 88.9 Å². The molecule has 2 aromatic carbocycles. The summed E-state index contributed by atoms with van der Waals surface area (Å²) in [4.78, 5) is 0. The molecule has 5 unspecified atom stereocenters. The molecule has 2 nitrogen and oxygen atoms in total. The van der Waals surface area contributed by atoms with Crippen LogP contribution in [-0.4, -0.2) is 31.3 Å². The van der Waals surface area contributed by atoms with Crippen LogP contribution >= 0.6 is 17.8 Å². The number of nitrogens with one attached hydrogen (secondary N) is 2. The summed E-state index contributed by atoms with van der Waals surface area (Å²) in [5.41, 5.74) is 4.85. The minimum absolute atomic E-state index is 0. The maximum absolute atomic E-state index is 3.73. The Morgan fingerprint density at radius 1 is 0.897 bits per heavy atom. The summed E-state index contributed by atoms with van der Waals surface area (Å²) in [6.45, 7) is 12.3. The van der Waals surface area contributed by atoms with Gasteiger partial charge in [0.2, 0.25) is 0 Å². The van der Waals surface area contributed by atoms with Gasteiger partial charge in [0.25, 0.3) is 0 Å². The summed E-state index contributed by atoms with van der Waals surface area (Å²) in [7, 11) is 4.54. The Morgan fingerprint density at radius 2 is 1.38 bits per heavy atom. The number of rotatable bonds is 6. The summed E-state index contributed by atoms with van der Waals surface area (Å²) in [5, 5.41) is 8.07. The van der Waals surface area contributed by atoms with Crippen LogP contribution in [0.5, 0.6) is 0 Å². The molecule has 2 heterocycles. The first-order chi connectivity index (χ1) is 18.3. The van der Waals surface area contributed by atoms with E-state index in [9.17, 15) is 0 Å². The molecule has 0 aromatic heterocycles. The Hall–Kier alpha value is -0.000519. The van der Waals surface area contributed by atoms with Gasteiger partial charge >= 0.3 is 0 Å². The van der Waals surface area contributed by atoms with Crippen molar-refractivity contribution in [1.82, 2.24) is 10.6 Å². The maximum Gasteiger partial charge on any atom is 0 e. The SMILES string of the molecule is CC(C)(C)PC([c-]1cccc1C(P)(C1CCNC1)C1CCNC1)C12CC3CC(CC(C3)C1)C2.[Fe].[cH-]1[cH-][cH-][cH-][cH-]1. The van der Waals surface area contributed by atoms with Crippen molar-refractivity contribution in [3.63, 3.8) is 0 Å². The summed E-state index contributed by atoms with van der Waals surface area (Å²) in [5.74, 6) is 4.56. The molecule has 0 radical (unpaired) electrons. The van der Waals surface area contributed by atoms with Gasteiger partial charge in [-0.05, 0) is 129 Å². The van der Waals surface area contributed by atoms with Crippen LogP contribution in [0.3, 0.4) is 0 Å². The molecule has 5 heteroatoms. The van der Waals surface area contributed by atoms with E-state index in [4.69, 9.17) is 0 Å². The molecule has 6 fully saturated rings. The topological polar surface area (TPSA) is 24.1 Å². The summed E-state index contributed by atoms with van der Waals surface area (Å²) < 4.78 is 0. The quantitative estimate of drug-likeness (QED) is 0.199. The van der Waals surface area contributed by atoms with Gasteiger partial charge in [0.15, 0.2) is 0 Å². The molecule has 2 N–H and O–H groups in total. The van der Waals surface area contributed by atoms with Gasteiger partial charge in [0, 0.05) is 17.1 Å². The van der Waals surface area contributed by atoms with Crippen LogP contribution < -0.4 is 10.6 Å². The van der Waals surface area contributed by atoms with E-state index in [1.807, 2.05) is 30.3 Å². The zero-order chi connectivity index (χ0) is 26.4. The Balaban J connectivity index is 0.000000464. The maximum atomic E-state index is 3.73. The van der Waals surface area contributed by atoms with Crippen molar-refractivity contribution in [2.75, 3.05) is 26.2 Å².